The van der Waals surface area contributed by atoms with Gasteiger partial charge >= 0.3 is 5.97 Å². The van der Waals surface area contributed by atoms with Crippen molar-refractivity contribution in [3.8, 4) is 0 Å². The molecule has 76 valence electrons. The molecule has 0 amide bonds. The molecule has 0 N–H and O–H groups in total. The minimum absolute atomic E-state index is 0.197. The van der Waals surface area contributed by atoms with Crippen molar-refractivity contribution >= 4 is 29.2 Å². The quantitative estimate of drug-likeness (QED) is 0.555. The van der Waals surface area contributed by atoms with E-state index in [1.807, 2.05) is 0 Å². The molecule has 0 radical (unpaired) electrons. The molecule has 5 nitrogen and oxygen atoms in total. The monoisotopic (exact) mass is 213 g/mol. The second-order valence-electron chi connectivity index (χ2n) is 3.55. The average Bonchev–Trinajstić information content (AvgIpc) is 2.48. The van der Waals surface area contributed by atoms with E-state index in [0.29, 0.717) is 5.13 Å². The maximum absolute atomic E-state index is 11.4. The van der Waals surface area contributed by atoms with Crippen LogP contribution in [0, 0.1) is 0 Å². The molecular formula is C8H11N3O2S. The van der Waals surface area contributed by atoms with Crippen molar-refractivity contribution in [1.82, 2.24) is 10.2 Å². The Morgan fingerprint density at radius 2 is 2.14 bits per heavy atom. The van der Waals surface area contributed by atoms with Gasteiger partial charge in [-0.25, -0.2) is 9.79 Å². The molecule has 1 heterocycles. The van der Waals surface area contributed by atoms with E-state index >= 15 is 0 Å². The van der Waals surface area contributed by atoms with Crippen LogP contribution >= 0.6 is 11.3 Å². The van der Waals surface area contributed by atoms with Gasteiger partial charge in [-0.3, -0.25) is 0 Å². The molecule has 6 heteroatoms. The van der Waals surface area contributed by atoms with Crippen LogP contribution in [0.4, 0.5) is 5.13 Å². The third kappa shape index (κ3) is 2.88. The molecule has 0 bridgehead atoms. The van der Waals surface area contributed by atoms with Crippen LogP contribution in [0.5, 0.6) is 0 Å². The predicted octanol–water partition coefficient (Wildman–Crippen LogP) is 1.83. The highest BCUT2D eigenvalue weighted by molar-refractivity contribution is 7.16. The third-order valence-corrected chi connectivity index (χ3v) is 1.96. The van der Waals surface area contributed by atoms with Gasteiger partial charge in [-0.05, 0) is 27.5 Å². The molecule has 0 saturated heterocycles. The van der Waals surface area contributed by atoms with E-state index in [-0.39, 0.29) is 5.01 Å². The van der Waals surface area contributed by atoms with Crippen molar-refractivity contribution in [3.63, 3.8) is 0 Å². The van der Waals surface area contributed by atoms with E-state index in [4.69, 9.17) is 4.74 Å². The number of hydrogen-bond acceptors (Lipinski definition) is 6. The number of ether oxygens (including phenoxy) is 1. The van der Waals surface area contributed by atoms with Crippen molar-refractivity contribution in [2.45, 2.75) is 26.4 Å². The normalized spacial score (nSPS) is 11.1. The number of hydrogen-bond donors (Lipinski definition) is 0. The van der Waals surface area contributed by atoms with E-state index in [1.165, 1.54) is 0 Å². The first-order chi connectivity index (χ1) is 6.42. The Kier molecular flexibility index (Phi) is 2.95. The molecule has 0 spiro atoms. The fourth-order valence-electron chi connectivity index (χ4n) is 0.684. The van der Waals surface area contributed by atoms with E-state index < -0.39 is 11.6 Å². The Morgan fingerprint density at radius 1 is 1.50 bits per heavy atom. The van der Waals surface area contributed by atoms with Gasteiger partial charge in [-0.15, -0.1) is 10.2 Å². The van der Waals surface area contributed by atoms with Gasteiger partial charge in [-0.1, -0.05) is 11.3 Å². The van der Waals surface area contributed by atoms with E-state index in [1.54, 1.807) is 20.8 Å². The number of carbonyl (C=O) groups excluding carboxylic acids is 1. The first kappa shape index (κ1) is 10.8. The van der Waals surface area contributed by atoms with E-state index in [2.05, 4.69) is 21.9 Å². The van der Waals surface area contributed by atoms with Crippen LogP contribution in [0.2, 0.25) is 0 Å². The molecule has 14 heavy (non-hydrogen) atoms. The van der Waals surface area contributed by atoms with Crippen molar-refractivity contribution < 1.29 is 9.53 Å². The highest BCUT2D eigenvalue weighted by Crippen LogP contribution is 2.20. The zero-order chi connectivity index (χ0) is 10.8. The maximum Gasteiger partial charge on any atom is 0.370 e. The zero-order valence-corrected chi connectivity index (χ0v) is 9.09. The lowest BCUT2D eigenvalue weighted by atomic mass is 10.2. The molecule has 1 aromatic rings. The molecule has 0 aliphatic rings. The second kappa shape index (κ2) is 3.83. The van der Waals surface area contributed by atoms with Gasteiger partial charge in [0.1, 0.15) is 5.60 Å². The standard InChI is InChI=1S/C8H11N3O2S/c1-8(2,3)13-6(12)5-10-11-7(9-4)14-5/h4H2,1-3H3. The van der Waals surface area contributed by atoms with Gasteiger partial charge < -0.3 is 4.74 Å². The molecule has 0 atom stereocenters. The topological polar surface area (TPSA) is 64.4 Å². The molecular weight excluding hydrogens is 202 g/mol. The van der Waals surface area contributed by atoms with E-state index in [0.717, 1.165) is 11.3 Å². The predicted molar refractivity (Wildman–Crippen MR) is 54.3 cm³/mol. The number of rotatable bonds is 2. The third-order valence-electron chi connectivity index (χ3n) is 1.12. The molecule has 0 saturated carbocycles. The summed E-state index contributed by atoms with van der Waals surface area (Å²) < 4.78 is 5.09. The van der Waals surface area contributed by atoms with Gasteiger partial charge in [0.25, 0.3) is 0 Å². The number of nitrogens with zero attached hydrogens (tertiary/aromatic N) is 3. The zero-order valence-electron chi connectivity index (χ0n) is 8.27. The molecule has 0 fully saturated rings. The Hall–Kier alpha value is -1.30. The van der Waals surface area contributed by atoms with Crippen LogP contribution in [0.15, 0.2) is 4.99 Å². The second-order valence-corrected chi connectivity index (χ2v) is 4.51. The summed E-state index contributed by atoms with van der Waals surface area (Å²) in [6.07, 6.45) is 0. The first-order valence-electron chi connectivity index (χ1n) is 3.96. The lowest BCUT2D eigenvalue weighted by molar-refractivity contribution is 0.00683. The van der Waals surface area contributed by atoms with Gasteiger partial charge in [0.2, 0.25) is 10.1 Å². The average molecular weight is 213 g/mol. The molecule has 0 unspecified atom stereocenters. The van der Waals surface area contributed by atoms with Crippen LogP contribution < -0.4 is 0 Å². The minimum atomic E-state index is -0.523. The van der Waals surface area contributed by atoms with Gasteiger partial charge in [0.15, 0.2) is 0 Å². The largest absolute Gasteiger partial charge is 0.455 e. The van der Waals surface area contributed by atoms with Gasteiger partial charge in [0, 0.05) is 0 Å². The van der Waals surface area contributed by atoms with Crippen molar-refractivity contribution in [1.29, 1.82) is 0 Å². The van der Waals surface area contributed by atoms with Crippen molar-refractivity contribution in [3.05, 3.63) is 5.01 Å². The Balaban J connectivity index is 2.75. The maximum atomic E-state index is 11.4. The molecule has 0 aromatic carbocycles. The molecule has 0 aliphatic carbocycles. The van der Waals surface area contributed by atoms with Gasteiger partial charge in [-0.2, -0.15) is 0 Å². The van der Waals surface area contributed by atoms with Crippen LogP contribution in [-0.4, -0.2) is 28.5 Å². The fraction of sp³-hybridized carbons (Fsp3) is 0.500. The van der Waals surface area contributed by atoms with Crippen molar-refractivity contribution in [2.75, 3.05) is 0 Å². The minimum Gasteiger partial charge on any atom is -0.455 e. The number of aromatic nitrogens is 2. The molecule has 1 aromatic heterocycles. The highest BCUT2D eigenvalue weighted by Gasteiger charge is 2.21. The van der Waals surface area contributed by atoms with Crippen molar-refractivity contribution in [2.24, 2.45) is 4.99 Å². The smallest absolute Gasteiger partial charge is 0.370 e. The first-order valence-corrected chi connectivity index (χ1v) is 4.77. The lowest BCUT2D eigenvalue weighted by Crippen LogP contribution is -2.23. The SMILES string of the molecule is C=Nc1nnc(C(=O)OC(C)(C)C)s1. The Bertz CT molecular complexity index is 354. The number of aliphatic imine (C=N–C) groups is 1. The van der Waals surface area contributed by atoms with Crippen LogP contribution in [0.3, 0.4) is 0 Å². The van der Waals surface area contributed by atoms with Crippen LogP contribution in [0.1, 0.15) is 30.6 Å². The summed E-state index contributed by atoms with van der Waals surface area (Å²) in [6.45, 7) is 8.65. The van der Waals surface area contributed by atoms with Gasteiger partial charge in [0.05, 0.1) is 0 Å². The number of carbonyl (C=O) groups is 1. The summed E-state index contributed by atoms with van der Waals surface area (Å²) in [6, 6.07) is 0. The number of esters is 1. The Labute approximate surface area is 85.8 Å². The summed E-state index contributed by atoms with van der Waals surface area (Å²) in [5.41, 5.74) is -0.523. The fourth-order valence-corrected chi connectivity index (χ4v) is 1.21. The summed E-state index contributed by atoms with van der Waals surface area (Å²) in [5, 5.41) is 7.82. The molecule has 1 rings (SSSR count). The molecule has 0 aliphatic heterocycles. The summed E-state index contributed by atoms with van der Waals surface area (Å²) in [5.74, 6) is -0.482. The highest BCUT2D eigenvalue weighted by atomic mass is 32.1. The Morgan fingerprint density at radius 3 is 2.57 bits per heavy atom. The lowest BCUT2D eigenvalue weighted by Gasteiger charge is -2.17. The summed E-state index contributed by atoms with van der Waals surface area (Å²) in [7, 11) is 0. The summed E-state index contributed by atoms with van der Waals surface area (Å²) in [4.78, 5) is 15.0. The van der Waals surface area contributed by atoms with Crippen LogP contribution in [0.25, 0.3) is 0 Å². The van der Waals surface area contributed by atoms with Crippen LogP contribution in [-0.2, 0) is 4.74 Å². The van der Waals surface area contributed by atoms with E-state index in [9.17, 15) is 4.79 Å². The summed E-state index contributed by atoms with van der Waals surface area (Å²) >= 11 is 1.06.